The van der Waals surface area contributed by atoms with Gasteiger partial charge in [-0.3, -0.25) is 4.90 Å². The lowest BCUT2D eigenvalue weighted by Crippen LogP contribution is -2.46. The zero-order valence-electron chi connectivity index (χ0n) is 13.2. The van der Waals surface area contributed by atoms with Gasteiger partial charge in [0.25, 0.3) is 0 Å². The van der Waals surface area contributed by atoms with Crippen molar-refractivity contribution in [1.29, 1.82) is 0 Å². The molecule has 0 atom stereocenters. The Morgan fingerprint density at radius 1 is 1.23 bits per heavy atom. The molecule has 1 aliphatic heterocycles. The van der Waals surface area contributed by atoms with Crippen molar-refractivity contribution >= 4 is 11.7 Å². The molecule has 0 spiro atoms. The first-order chi connectivity index (χ1) is 10.6. The molecule has 0 aliphatic carbocycles. The van der Waals surface area contributed by atoms with Crippen molar-refractivity contribution in [3.63, 3.8) is 0 Å². The second kappa shape index (κ2) is 8.44. The van der Waals surface area contributed by atoms with Crippen LogP contribution in [0.25, 0.3) is 0 Å². The number of esters is 1. The molecule has 2 rings (SSSR count). The maximum absolute atomic E-state index is 11.3. The normalized spacial score (nSPS) is 16.6. The van der Waals surface area contributed by atoms with Crippen LogP contribution in [0.15, 0.2) is 42.1 Å². The highest BCUT2D eigenvalue weighted by atomic mass is 16.5. The van der Waals surface area contributed by atoms with E-state index in [2.05, 4.69) is 34.1 Å². The van der Waals surface area contributed by atoms with E-state index in [1.54, 1.807) is 6.92 Å². The van der Waals surface area contributed by atoms with Gasteiger partial charge in [-0.1, -0.05) is 18.2 Å². The lowest BCUT2D eigenvalue weighted by Gasteiger charge is -2.36. The molecule has 0 bridgehead atoms. The van der Waals surface area contributed by atoms with Crippen LogP contribution in [0.1, 0.15) is 13.3 Å². The number of carbonyl (C=O) groups is 1. The van der Waals surface area contributed by atoms with Gasteiger partial charge in [-0.25, -0.2) is 4.79 Å². The molecule has 2 N–H and O–H groups in total. The number of rotatable bonds is 6. The molecule has 0 amide bonds. The molecule has 120 valence electrons. The van der Waals surface area contributed by atoms with Crippen LogP contribution >= 0.6 is 0 Å². The molecule has 1 aromatic rings. The molecule has 0 saturated carbocycles. The molecule has 1 aromatic carbocycles. The van der Waals surface area contributed by atoms with Gasteiger partial charge in [0.15, 0.2) is 0 Å². The first kappa shape index (κ1) is 16.4. The summed E-state index contributed by atoms with van der Waals surface area (Å²) in [7, 11) is 0. The summed E-state index contributed by atoms with van der Waals surface area (Å²) in [5, 5.41) is 0. The Labute approximate surface area is 132 Å². The second-order valence-electron chi connectivity index (χ2n) is 5.57. The summed E-state index contributed by atoms with van der Waals surface area (Å²) in [4.78, 5) is 16.1. The van der Waals surface area contributed by atoms with Crippen molar-refractivity contribution < 1.29 is 9.53 Å². The van der Waals surface area contributed by atoms with Crippen LogP contribution in [-0.2, 0) is 9.53 Å². The summed E-state index contributed by atoms with van der Waals surface area (Å²) in [6.45, 7) is 7.25. The third-order valence-electron chi connectivity index (χ3n) is 3.70. The van der Waals surface area contributed by atoms with Crippen molar-refractivity contribution in [2.45, 2.75) is 13.3 Å². The highest BCUT2D eigenvalue weighted by molar-refractivity contribution is 5.82. The smallest absolute Gasteiger partial charge is 0.332 e. The number of hydrogen-bond donors (Lipinski definition) is 1. The fraction of sp³-hybridized carbons (Fsp3) is 0.471. The highest BCUT2D eigenvalue weighted by Crippen LogP contribution is 2.15. The summed E-state index contributed by atoms with van der Waals surface area (Å²) < 4.78 is 5.10. The van der Waals surface area contributed by atoms with Gasteiger partial charge in [0.05, 0.1) is 6.61 Å². The molecule has 0 unspecified atom stereocenters. The summed E-state index contributed by atoms with van der Waals surface area (Å²) in [6, 6.07) is 10.5. The Morgan fingerprint density at radius 2 is 1.91 bits per heavy atom. The molecule has 5 nitrogen and oxygen atoms in total. The summed E-state index contributed by atoms with van der Waals surface area (Å²) in [5.41, 5.74) is 7.19. The predicted octanol–water partition coefficient (Wildman–Crippen LogP) is 1.60. The van der Waals surface area contributed by atoms with Gasteiger partial charge in [-0.05, 0) is 25.5 Å². The van der Waals surface area contributed by atoms with Crippen LogP contribution in [0, 0.1) is 0 Å². The average molecular weight is 303 g/mol. The van der Waals surface area contributed by atoms with Gasteiger partial charge in [-0.15, -0.1) is 0 Å². The molecule has 0 radical (unpaired) electrons. The first-order valence-electron chi connectivity index (χ1n) is 7.78. The Balaban J connectivity index is 1.62. The first-order valence-corrected chi connectivity index (χ1v) is 7.78. The molecular formula is C17H25N3O2. The minimum Gasteiger partial charge on any atom is -0.462 e. The molecule has 22 heavy (non-hydrogen) atoms. The maximum atomic E-state index is 11.3. The van der Waals surface area contributed by atoms with E-state index >= 15 is 0 Å². The quantitative estimate of drug-likeness (QED) is 0.491. The van der Waals surface area contributed by atoms with E-state index in [0.717, 1.165) is 39.1 Å². The molecule has 0 aromatic heterocycles. The Morgan fingerprint density at radius 3 is 2.55 bits per heavy atom. The topological polar surface area (TPSA) is 58.8 Å². The number of nitrogens with two attached hydrogens (primary N) is 1. The number of hydrogen-bond acceptors (Lipinski definition) is 5. The van der Waals surface area contributed by atoms with Gasteiger partial charge in [0.2, 0.25) is 0 Å². The maximum Gasteiger partial charge on any atom is 0.332 e. The fourth-order valence-corrected chi connectivity index (χ4v) is 2.56. The van der Waals surface area contributed by atoms with Gasteiger partial charge in [-0.2, -0.15) is 0 Å². The van der Waals surface area contributed by atoms with Crippen molar-refractivity contribution in [3.05, 3.63) is 42.1 Å². The number of carbonyl (C=O) groups excluding carboxylic acids is 1. The fourth-order valence-electron chi connectivity index (χ4n) is 2.56. The van der Waals surface area contributed by atoms with Gasteiger partial charge >= 0.3 is 5.97 Å². The van der Waals surface area contributed by atoms with Crippen molar-refractivity contribution in [2.75, 3.05) is 44.2 Å². The molecular weight excluding hydrogens is 278 g/mol. The summed E-state index contributed by atoms with van der Waals surface area (Å²) >= 11 is 0. The van der Waals surface area contributed by atoms with Crippen LogP contribution in [-0.4, -0.2) is 50.2 Å². The standard InChI is InChI=1S/C17H25N3O2/c1-15(18)14-17(21)22-13-5-8-19-9-11-20(12-10-19)16-6-3-2-4-7-16/h2-4,6-7,14H,5,8-13,18H2,1H3. The van der Waals surface area contributed by atoms with E-state index in [-0.39, 0.29) is 5.97 Å². The SMILES string of the molecule is CC(N)=CC(=O)OCCCN1CCN(c2ccccc2)CC1. The van der Waals surface area contributed by atoms with Crippen LogP contribution in [0.3, 0.4) is 0 Å². The lowest BCUT2D eigenvalue weighted by molar-refractivity contribution is -0.138. The van der Waals surface area contributed by atoms with E-state index in [0.29, 0.717) is 12.3 Å². The Kier molecular flexibility index (Phi) is 6.27. The minimum atomic E-state index is -0.353. The third-order valence-corrected chi connectivity index (χ3v) is 3.70. The molecule has 1 saturated heterocycles. The number of piperazine rings is 1. The molecule has 5 heteroatoms. The summed E-state index contributed by atoms with van der Waals surface area (Å²) in [5.74, 6) is -0.353. The van der Waals surface area contributed by atoms with Crippen molar-refractivity contribution in [3.8, 4) is 0 Å². The minimum absolute atomic E-state index is 0.353. The monoisotopic (exact) mass is 303 g/mol. The van der Waals surface area contributed by atoms with E-state index < -0.39 is 0 Å². The van der Waals surface area contributed by atoms with E-state index in [1.165, 1.54) is 11.8 Å². The molecule has 1 aliphatic rings. The number of benzene rings is 1. The van der Waals surface area contributed by atoms with E-state index in [9.17, 15) is 4.79 Å². The van der Waals surface area contributed by atoms with Crippen molar-refractivity contribution in [2.24, 2.45) is 5.73 Å². The zero-order chi connectivity index (χ0) is 15.8. The number of ether oxygens (including phenoxy) is 1. The lowest BCUT2D eigenvalue weighted by atomic mass is 10.2. The predicted molar refractivity (Wildman–Crippen MR) is 88.6 cm³/mol. The van der Waals surface area contributed by atoms with Crippen LogP contribution in [0.5, 0.6) is 0 Å². The van der Waals surface area contributed by atoms with Gasteiger partial charge < -0.3 is 15.4 Å². The van der Waals surface area contributed by atoms with Crippen molar-refractivity contribution in [1.82, 2.24) is 4.90 Å². The zero-order valence-corrected chi connectivity index (χ0v) is 13.2. The highest BCUT2D eigenvalue weighted by Gasteiger charge is 2.16. The number of para-hydroxylation sites is 1. The summed E-state index contributed by atoms with van der Waals surface area (Å²) in [6.07, 6.45) is 2.17. The Bertz CT molecular complexity index is 490. The average Bonchev–Trinajstić information content (AvgIpc) is 2.52. The van der Waals surface area contributed by atoms with Crippen LogP contribution < -0.4 is 10.6 Å². The van der Waals surface area contributed by atoms with E-state index in [4.69, 9.17) is 10.5 Å². The number of anilines is 1. The number of allylic oxidation sites excluding steroid dienone is 1. The van der Waals surface area contributed by atoms with E-state index in [1.807, 2.05) is 6.07 Å². The second-order valence-corrected chi connectivity index (χ2v) is 5.57. The van der Waals surface area contributed by atoms with Crippen LogP contribution in [0.4, 0.5) is 5.69 Å². The molecule has 1 fully saturated rings. The molecule has 1 heterocycles. The van der Waals surface area contributed by atoms with Gasteiger partial charge in [0.1, 0.15) is 0 Å². The third kappa shape index (κ3) is 5.41. The largest absolute Gasteiger partial charge is 0.462 e. The van der Waals surface area contributed by atoms with Gasteiger partial charge in [0, 0.05) is 50.2 Å². The number of nitrogens with zero attached hydrogens (tertiary/aromatic N) is 2. The Hall–Kier alpha value is -2.01. The van der Waals surface area contributed by atoms with Crippen LogP contribution in [0.2, 0.25) is 0 Å².